The van der Waals surface area contributed by atoms with Crippen molar-refractivity contribution in [3.63, 3.8) is 0 Å². The van der Waals surface area contributed by atoms with E-state index < -0.39 is 0 Å². The molecule has 162 valence electrons. The van der Waals surface area contributed by atoms with Gasteiger partial charge in [0.2, 0.25) is 5.91 Å². The molecule has 1 atom stereocenters. The fourth-order valence-electron chi connectivity index (χ4n) is 4.27. The van der Waals surface area contributed by atoms with Gasteiger partial charge in [-0.15, -0.1) is 24.0 Å². The summed E-state index contributed by atoms with van der Waals surface area (Å²) in [6, 6.07) is 9.30. The second kappa shape index (κ2) is 12.4. The van der Waals surface area contributed by atoms with Crippen molar-refractivity contribution < 1.29 is 4.79 Å². The van der Waals surface area contributed by atoms with Crippen LogP contribution in [0.25, 0.3) is 0 Å². The molecule has 0 bridgehead atoms. The van der Waals surface area contributed by atoms with Crippen LogP contribution in [0.5, 0.6) is 0 Å². The van der Waals surface area contributed by atoms with Crippen LogP contribution in [0.2, 0.25) is 0 Å². The topological polar surface area (TPSA) is 68.8 Å². The molecular formula is C22H36IN5O. The van der Waals surface area contributed by atoms with Crippen LogP contribution in [-0.4, -0.2) is 55.0 Å². The molecule has 1 unspecified atom stereocenters. The number of hydrogen-bond acceptors (Lipinski definition) is 3. The summed E-state index contributed by atoms with van der Waals surface area (Å²) >= 11 is 0. The average molecular weight is 513 g/mol. The zero-order valence-electron chi connectivity index (χ0n) is 17.7. The third kappa shape index (κ3) is 7.77. The predicted molar refractivity (Wildman–Crippen MR) is 131 cm³/mol. The van der Waals surface area contributed by atoms with Crippen molar-refractivity contribution in [2.24, 2.45) is 4.99 Å². The number of amides is 1. The monoisotopic (exact) mass is 513 g/mol. The molecule has 1 aliphatic heterocycles. The minimum absolute atomic E-state index is 0. The number of rotatable bonds is 7. The van der Waals surface area contributed by atoms with Crippen LogP contribution in [0.3, 0.4) is 0 Å². The molecule has 2 fully saturated rings. The molecule has 1 aromatic carbocycles. The number of guanidine groups is 1. The van der Waals surface area contributed by atoms with Crippen molar-refractivity contribution in [3.05, 3.63) is 29.8 Å². The molecule has 0 radical (unpaired) electrons. The molecule has 1 saturated heterocycles. The van der Waals surface area contributed by atoms with Gasteiger partial charge in [0, 0.05) is 50.9 Å². The van der Waals surface area contributed by atoms with Crippen molar-refractivity contribution in [2.75, 3.05) is 31.5 Å². The van der Waals surface area contributed by atoms with E-state index in [1.165, 1.54) is 51.1 Å². The van der Waals surface area contributed by atoms with E-state index in [4.69, 9.17) is 4.99 Å². The summed E-state index contributed by atoms with van der Waals surface area (Å²) in [6.45, 7) is 7.60. The van der Waals surface area contributed by atoms with Crippen LogP contribution in [0.15, 0.2) is 29.3 Å². The molecule has 1 aromatic rings. The lowest BCUT2D eigenvalue weighted by Gasteiger charge is -2.24. The molecule has 3 N–H and O–H groups in total. The number of nitrogens with one attached hydrogen (secondary N) is 3. The first-order chi connectivity index (χ1) is 13.6. The van der Waals surface area contributed by atoms with Gasteiger partial charge < -0.3 is 16.0 Å². The normalized spacial score (nSPS) is 20.3. The summed E-state index contributed by atoms with van der Waals surface area (Å²) in [5.74, 6) is 0.882. The lowest BCUT2D eigenvalue weighted by atomic mass is 10.1. The molecule has 1 aliphatic carbocycles. The lowest BCUT2D eigenvalue weighted by Crippen LogP contribution is -2.45. The molecule has 7 heteroatoms. The van der Waals surface area contributed by atoms with Gasteiger partial charge in [-0.25, -0.2) is 0 Å². The maximum absolute atomic E-state index is 11.1. The largest absolute Gasteiger partial charge is 0.357 e. The van der Waals surface area contributed by atoms with Crippen molar-refractivity contribution in [3.8, 4) is 0 Å². The Morgan fingerprint density at radius 3 is 2.55 bits per heavy atom. The van der Waals surface area contributed by atoms with Crippen molar-refractivity contribution >= 4 is 41.5 Å². The van der Waals surface area contributed by atoms with E-state index >= 15 is 0 Å². The van der Waals surface area contributed by atoms with E-state index in [0.717, 1.165) is 43.7 Å². The predicted octanol–water partition coefficient (Wildman–Crippen LogP) is 3.38. The van der Waals surface area contributed by atoms with Gasteiger partial charge >= 0.3 is 0 Å². The standard InChI is InChI=1S/C22H35N5O.HI/c1-3-23-22(26-20-13-15-27(16-20)21-6-4-5-7-21)24-14-12-18-8-10-19(11-9-18)25-17(2)28;/h8-11,20-21H,3-7,12-16H2,1-2H3,(H,25,28)(H2,23,24,26);1H. The van der Waals surface area contributed by atoms with E-state index in [1.54, 1.807) is 0 Å². The summed E-state index contributed by atoms with van der Waals surface area (Å²) in [6.07, 6.45) is 7.63. The summed E-state index contributed by atoms with van der Waals surface area (Å²) in [5.41, 5.74) is 2.06. The number of benzene rings is 1. The van der Waals surface area contributed by atoms with Crippen LogP contribution in [0, 0.1) is 0 Å². The molecule has 29 heavy (non-hydrogen) atoms. The van der Waals surface area contributed by atoms with Gasteiger partial charge in [0.15, 0.2) is 5.96 Å². The quantitative estimate of drug-likeness (QED) is 0.297. The summed E-state index contributed by atoms with van der Waals surface area (Å²) in [5, 5.41) is 9.82. The Balaban J connectivity index is 0.00000300. The first kappa shape index (κ1) is 23.9. The first-order valence-corrected chi connectivity index (χ1v) is 10.8. The first-order valence-electron chi connectivity index (χ1n) is 10.8. The Labute approximate surface area is 192 Å². The molecule has 0 aromatic heterocycles. The van der Waals surface area contributed by atoms with Crippen LogP contribution in [-0.2, 0) is 11.2 Å². The summed E-state index contributed by atoms with van der Waals surface area (Å²) in [4.78, 5) is 18.5. The number of carbonyl (C=O) groups is 1. The Bertz CT molecular complexity index is 658. The van der Waals surface area contributed by atoms with Crippen LogP contribution < -0.4 is 16.0 Å². The zero-order valence-corrected chi connectivity index (χ0v) is 20.1. The fourth-order valence-corrected chi connectivity index (χ4v) is 4.27. The van der Waals surface area contributed by atoms with Crippen LogP contribution in [0.4, 0.5) is 5.69 Å². The van der Waals surface area contributed by atoms with Gasteiger partial charge in [-0.05, 0) is 50.3 Å². The summed E-state index contributed by atoms with van der Waals surface area (Å²) < 4.78 is 0. The molecule has 3 rings (SSSR count). The van der Waals surface area contributed by atoms with E-state index in [2.05, 4.69) is 39.9 Å². The molecular weight excluding hydrogens is 477 g/mol. The van der Waals surface area contributed by atoms with Crippen LogP contribution >= 0.6 is 24.0 Å². The minimum atomic E-state index is -0.0443. The van der Waals surface area contributed by atoms with E-state index in [9.17, 15) is 4.79 Å². The number of likely N-dealkylation sites (tertiary alicyclic amines) is 1. The molecule has 1 saturated carbocycles. The smallest absolute Gasteiger partial charge is 0.221 e. The maximum atomic E-state index is 11.1. The van der Waals surface area contributed by atoms with Crippen molar-refractivity contribution in [1.29, 1.82) is 0 Å². The third-order valence-corrected chi connectivity index (χ3v) is 5.69. The minimum Gasteiger partial charge on any atom is -0.357 e. The van der Waals surface area contributed by atoms with Gasteiger partial charge in [-0.3, -0.25) is 14.7 Å². The number of anilines is 1. The second-order valence-corrected chi connectivity index (χ2v) is 7.95. The van der Waals surface area contributed by atoms with E-state index in [1.807, 2.05) is 12.1 Å². The van der Waals surface area contributed by atoms with Gasteiger partial charge in [0.25, 0.3) is 0 Å². The fraction of sp³-hybridized carbons (Fsp3) is 0.636. The Morgan fingerprint density at radius 2 is 1.90 bits per heavy atom. The molecule has 1 heterocycles. The van der Waals surface area contributed by atoms with Gasteiger partial charge in [-0.2, -0.15) is 0 Å². The number of aliphatic imine (C=N–C) groups is 1. The van der Waals surface area contributed by atoms with Crippen molar-refractivity contribution in [2.45, 2.75) is 64.5 Å². The average Bonchev–Trinajstić information content (AvgIpc) is 3.34. The summed E-state index contributed by atoms with van der Waals surface area (Å²) in [7, 11) is 0. The molecule has 0 spiro atoms. The van der Waals surface area contributed by atoms with Crippen LogP contribution in [0.1, 0.15) is 51.5 Å². The highest BCUT2D eigenvalue weighted by Crippen LogP contribution is 2.26. The number of carbonyl (C=O) groups excluding carboxylic acids is 1. The third-order valence-electron chi connectivity index (χ3n) is 5.69. The van der Waals surface area contributed by atoms with Crippen molar-refractivity contribution in [1.82, 2.24) is 15.5 Å². The highest BCUT2D eigenvalue weighted by atomic mass is 127. The Morgan fingerprint density at radius 1 is 1.17 bits per heavy atom. The van der Waals surface area contributed by atoms with Gasteiger partial charge in [0.05, 0.1) is 0 Å². The number of halogens is 1. The lowest BCUT2D eigenvalue weighted by molar-refractivity contribution is -0.114. The van der Waals surface area contributed by atoms with Gasteiger partial charge in [-0.1, -0.05) is 25.0 Å². The highest BCUT2D eigenvalue weighted by Gasteiger charge is 2.30. The Hall–Kier alpha value is -1.35. The van der Waals surface area contributed by atoms with Gasteiger partial charge in [0.1, 0.15) is 0 Å². The SMILES string of the molecule is CCNC(=NCCc1ccc(NC(C)=O)cc1)NC1CCN(C2CCCC2)C1.I. The highest BCUT2D eigenvalue weighted by molar-refractivity contribution is 14.0. The molecule has 1 amide bonds. The maximum Gasteiger partial charge on any atom is 0.221 e. The molecule has 2 aliphatic rings. The second-order valence-electron chi connectivity index (χ2n) is 7.95. The Kier molecular flexibility index (Phi) is 10.2. The number of nitrogens with zero attached hydrogens (tertiary/aromatic N) is 2. The number of hydrogen-bond donors (Lipinski definition) is 3. The van der Waals surface area contributed by atoms with E-state index in [-0.39, 0.29) is 29.9 Å². The zero-order chi connectivity index (χ0) is 19.8. The van der Waals surface area contributed by atoms with E-state index in [0.29, 0.717) is 6.04 Å². The molecule has 6 nitrogen and oxygen atoms in total.